The van der Waals surface area contributed by atoms with Gasteiger partial charge < -0.3 is 25.4 Å². The predicted octanol–water partition coefficient (Wildman–Crippen LogP) is 2.51. The van der Waals surface area contributed by atoms with Crippen molar-refractivity contribution in [3.8, 4) is 17.5 Å². The summed E-state index contributed by atoms with van der Waals surface area (Å²) in [6.07, 6.45) is 2.18. The molecule has 4 heterocycles. The number of amides is 2. The van der Waals surface area contributed by atoms with Crippen LogP contribution in [0.25, 0.3) is 16.9 Å². The number of rotatable bonds is 9. The van der Waals surface area contributed by atoms with E-state index in [1.54, 1.807) is 38.6 Å². The Bertz CT molecular complexity index is 1450. The molecule has 2 fully saturated rings. The second kappa shape index (κ2) is 10.1. The number of aliphatic hydroxyl groups is 1. The number of nitrogens with zero attached hydrogens (tertiary/aromatic N) is 6. The van der Waals surface area contributed by atoms with Crippen LogP contribution in [0.1, 0.15) is 42.6 Å². The van der Waals surface area contributed by atoms with Gasteiger partial charge >= 0.3 is 6.09 Å². The largest absolute Gasteiger partial charge is 0.448 e. The van der Waals surface area contributed by atoms with Crippen LogP contribution < -0.4 is 10.6 Å². The summed E-state index contributed by atoms with van der Waals surface area (Å²) in [6, 6.07) is 8.89. The van der Waals surface area contributed by atoms with Gasteiger partial charge in [0.1, 0.15) is 18.8 Å². The highest BCUT2D eigenvalue weighted by molar-refractivity contribution is 5.99. The quantitative estimate of drug-likeness (QED) is 0.424. The summed E-state index contributed by atoms with van der Waals surface area (Å²) in [6.45, 7) is 4.10. The maximum atomic E-state index is 15.3. The molecule has 0 unspecified atom stereocenters. The van der Waals surface area contributed by atoms with E-state index in [1.807, 2.05) is 0 Å². The summed E-state index contributed by atoms with van der Waals surface area (Å²) in [7, 11) is 0. The average molecular weight is 536 g/mol. The summed E-state index contributed by atoms with van der Waals surface area (Å²) in [4.78, 5) is 32.2. The number of anilines is 1. The van der Waals surface area contributed by atoms with Gasteiger partial charge in [-0.25, -0.2) is 13.7 Å². The minimum Gasteiger partial charge on any atom is -0.448 e. The zero-order valence-electron chi connectivity index (χ0n) is 21.7. The van der Waals surface area contributed by atoms with Crippen LogP contribution in [0, 0.1) is 17.2 Å². The van der Waals surface area contributed by atoms with Gasteiger partial charge in [0.25, 0.3) is 5.91 Å². The SMILES string of the molecule is CC(C)(O)[C@H](F)CN(c1cc(-c2ccc3cc(C#N)cnn23)ncc1C(N)=O)C1CC(CN2CCOC2=O)C1. The molecule has 2 aliphatic rings. The van der Waals surface area contributed by atoms with E-state index in [-0.39, 0.29) is 30.2 Å². The third-order valence-corrected chi connectivity index (χ3v) is 7.45. The molecular weight excluding hydrogens is 505 g/mol. The van der Waals surface area contributed by atoms with Gasteiger partial charge in [0.05, 0.1) is 58.6 Å². The van der Waals surface area contributed by atoms with Crippen molar-refractivity contribution >= 4 is 23.2 Å². The first-order chi connectivity index (χ1) is 18.5. The fraction of sp³-hybridized carbons (Fsp3) is 0.444. The summed E-state index contributed by atoms with van der Waals surface area (Å²) < 4.78 is 21.9. The zero-order chi connectivity index (χ0) is 27.9. The molecule has 0 spiro atoms. The number of alkyl halides is 1. The Morgan fingerprint density at radius 1 is 1.36 bits per heavy atom. The van der Waals surface area contributed by atoms with E-state index < -0.39 is 17.7 Å². The van der Waals surface area contributed by atoms with E-state index >= 15 is 4.39 Å². The molecule has 3 N–H and O–H groups in total. The van der Waals surface area contributed by atoms with E-state index in [0.29, 0.717) is 60.7 Å². The molecular formula is C27H30FN7O4. The van der Waals surface area contributed by atoms with E-state index in [2.05, 4.69) is 16.2 Å². The number of ether oxygens (including phenoxy) is 1. The lowest BCUT2D eigenvalue weighted by atomic mass is 9.78. The highest BCUT2D eigenvalue weighted by atomic mass is 19.1. The average Bonchev–Trinajstić information content (AvgIpc) is 3.48. The molecule has 0 aromatic carbocycles. The number of nitrogens with two attached hydrogens (primary N) is 1. The number of carbonyl (C=O) groups excluding carboxylic acids is 2. The molecule has 1 aliphatic carbocycles. The third-order valence-electron chi connectivity index (χ3n) is 7.45. The van der Waals surface area contributed by atoms with Gasteiger partial charge in [-0.3, -0.25) is 9.78 Å². The van der Waals surface area contributed by atoms with Crippen LogP contribution >= 0.6 is 0 Å². The molecule has 39 heavy (non-hydrogen) atoms. The number of halogens is 1. The summed E-state index contributed by atoms with van der Waals surface area (Å²) >= 11 is 0. The molecule has 1 saturated carbocycles. The van der Waals surface area contributed by atoms with Crippen molar-refractivity contribution in [3.05, 3.63) is 47.8 Å². The lowest BCUT2D eigenvalue weighted by Crippen LogP contribution is -2.53. The predicted molar refractivity (Wildman–Crippen MR) is 140 cm³/mol. The normalized spacial score (nSPS) is 19.9. The fourth-order valence-corrected chi connectivity index (χ4v) is 5.11. The Kier molecular flexibility index (Phi) is 6.86. The Morgan fingerprint density at radius 3 is 2.77 bits per heavy atom. The lowest BCUT2D eigenvalue weighted by molar-refractivity contribution is -0.00152. The van der Waals surface area contributed by atoms with E-state index in [1.165, 1.54) is 26.2 Å². The molecule has 0 bridgehead atoms. The highest BCUT2D eigenvalue weighted by Crippen LogP contribution is 2.39. The Labute approximate surface area is 224 Å². The van der Waals surface area contributed by atoms with Crippen molar-refractivity contribution < 1.29 is 23.8 Å². The molecule has 12 heteroatoms. The topological polar surface area (TPSA) is 150 Å². The first-order valence-corrected chi connectivity index (χ1v) is 12.8. The van der Waals surface area contributed by atoms with Crippen LogP contribution in [0.2, 0.25) is 0 Å². The summed E-state index contributed by atoms with van der Waals surface area (Å²) in [5.74, 6) is -0.519. The second-order valence-electron chi connectivity index (χ2n) is 10.7. The molecule has 11 nitrogen and oxygen atoms in total. The summed E-state index contributed by atoms with van der Waals surface area (Å²) in [5.41, 5.74) is 6.85. The molecule has 1 aliphatic heterocycles. The first-order valence-electron chi connectivity index (χ1n) is 12.8. The van der Waals surface area contributed by atoms with Crippen molar-refractivity contribution in [3.63, 3.8) is 0 Å². The molecule has 1 atom stereocenters. The van der Waals surface area contributed by atoms with Gasteiger partial charge in [-0.1, -0.05) is 0 Å². The monoisotopic (exact) mass is 535 g/mol. The van der Waals surface area contributed by atoms with Crippen LogP contribution in [0.4, 0.5) is 14.9 Å². The van der Waals surface area contributed by atoms with Gasteiger partial charge in [-0.2, -0.15) is 10.4 Å². The number of hydrogen-bond acceptors (Lipinski definition) is 8. The van der Waals surface area contributed by atoms with Gasteiger partial charge in [0, 0.05) is 18.8 Å². The van der Waals surface area contributed by atoms with Gasteiger partial charge in [0.2, 0.25) is 0 Å². The van der Waals surface area contributed by atoms with Gasteiger partial charge in [-0.05, 0) is 56.9 Å². The third kappa shape index (κ3) is 5.22. The standard InChI is InChI=1S/C27H30FN7O4/c1-27(2,38)24(28)15-34(19-7-16(8-19)14-33-5-6-39-26(33)37)23-10-21(31-13-20(23)25(30)36)22-4-3-18-9-17(11-29)12-32-35(18)22/h3-4,9-10,12-13,16,19,24,38H,5-8,14-15H2,1-2H3,(H2,30,36)/t16?,19?,24-/m1/s1. The van der Waals surface area contributed by atoms with Crippen LogP contribution in [-0.2, 0) is 4.74 Å². The number of cyclic esters (lactones) is 1. The Morgan fingerprint density at radius 2 is 2.13 bits per heavy atom. The Balaban J connectivity index is 1.50. The van der Waals surface area contributed by atoms with E-state index in [0.717, 1.165) is 0 Å². The molecule has 0 radical (unpaired) electrons. The minimum atomic E-state index is -1.62. The van der Waals surface area contributed by atoms with Gasteiger partial charge in [-0.15, -0.1) is 0 Å². The summed E-state index contributed by atoms with van der Waals surface area (Å²) in [5, 5.41) is 23.9. The molecule has 3 aromatic rings. The van der Waals surface area contributed by atoms with Crippen LogP contribution in [0.3, 0.4) is 0 Å². The fourth-order valence-electron chi connectivity index (χ4n) is 5.11. The van der Waals surface area contributed by atoms with Crippen LogP contribution in [0.15, 0.2) is 36.7 Å². The van der Waals surface area contributed by atoms with Crippen molar-refractivity contribution in [2.75, 3.05) is 31.1 Å². The van der Waals surface area contributed by atoms with Crippen LogP contribution in [-0.4, -0.2) is 80.7 Å². The second-order valence-corrected chi connectivity index (χ2v) is 10.7. The molecule has 3 aromatic heterocycles. The van der Waals surface area contributed by atoms with Crippen molar-refractivity contribution in [1.82, 2.24) is 19.5 Å². The number of pyridine rings is 1. The first kappa shape index (κ1) is 26.4. The maximum absolute atomic E-state index is 15.3. The number of fused-ring (bicyclic) bond motifs is 1. The molecule has 1 saturated heterocycles. The van der Waals surface area contributed by atoms with Gasteiger partial charge in [0.15, 0.2) is 0 Å². The number of aromatic nitrogens is 3. The van der Waals surface area contributed by atoms with Crippen LogP contribution in [0.5, 0.6) is 0 Å². The van der Waals surface area contributed by atoms with E-state index in [4.69, 9.17) is 10.5 Å². The highest BCUT2D eigenvalue weighted by Gasteiger charge is 2.40. The zero-order valence-corrected chi connectivity index (χ0v) is 21.7. The number of hydrogen-bond donors (Lipinski definition) is 2. The lowest BCUT2D eigenvalue weighted by Gasteiger charge is -2.46. The minimum absolute atomic E-state index is 0.133. The number of primary amides is 1. The molecule has 2 amide bonds. The van der Waals surface area contributed by atoms with Crippen molar-refractivity contribution in [2.24, 2.45) is 11.7 Å². The van der Waals surface area contributed by atoms with Crippen molar-refractivity contribution in [2.45, 2.75) is 44.5 Å². The smallest absolute Gasteiger partial charge is 0.409 e. The van der Waals surface area contributed by atoms with E-state index in [9.17, 15) is 20.0 Å². The Hall–Kier alpha value is -4.24. The molecule has 5 rings (SSSR count). The van der Waals surface area contributed by atoms with Crippen molar-refractivity contribution in [1.29, 1.82) is 5.26 Å². The number of carbonyl (C=O) groups is 2. The maximum Gasteiger partial charge on any atom is 0.409 e. The molecule has 204 valence electrons. The number of nitriles is 1.